The van der Waals surface area contributed by atoms with Crippen LogP contribution in [0, 0.1) is 5.92 Å². The van der Waals surface area contributed by atoms with Crippen molar-refractivity contribution in [1.29, 1.82) is 0 Å². The largest absolute Gasteiger partial charge is 0.478 e. The van der Waals surface area contributed by atoms with Gasteiger partial charge in [-0.05, 0) is 55.0 Å². The molecular weight excluding hydrogens is 345 g/mol. The highest BCUT2D eigenvalue weighted by Crippen LogP contribution is 2.22. The van der Waals surface area contributed by atoms with Gasteiger partial charge in [0.05, 0.1) is 11.6 Å². The molecule has 1 aromatic rings. The topological polar surface area (TPSA) is 57.6 Å². The number of nitrogens with zero attached hydrogens (tertiary/aromatic N) is 1. The summed E-state index contributed by atoms with van der Waals surface area (Å²) in [6.07, 6.45) is 8.68. The highest BCUT2D eigenvalue weighted by molar-refractivity contribution is 5.87. The van der Waals surface area contributed by atoms with Gasteiger partial charge < -0.3 is 10.0 Å². The molecule has 0 bridgehead atoms. The van der Waals surface area contributed by atoms with Crippen LogP contribution in [0.1, 0.15) is 55.5 Å². The average Bonchev–Trinajstić information content (AvgIpc) is 2.98. The second-order valence-electron chi connectivity index (χ2n) is 7.12. The molecule has 1 N–H and O–H groups in total. The maximum Gasteiger partial charge on any atom is 0.335 e. The summed E-state index contributed by atoms with van der Waals surface area (Å²) in [6, 6.07) is 6.59. The predicted octanol–water partition coefficient (Wildman–Crippen LogP) is 4.76. The van der Waals surface area contributed by atoms with Crippen molar-refractivity contribution in [1.82, 2.24) is 4.90 Å². The molecule has 4 nitrogen and oxygen atoms in total. The van der Waals surface area contributed by atoms with Crippen molar-refractivity contribution in [2.24, 2.45) is 5.92 Å². The Balaban J connectivity index is 1.95. The second-order valence-corrected chi connectivity index (χ2v) is 7.12. The lowest BCUT2D eigenvalue weighted by molar-refractivity contribution is -0.128. The van der Waals surface area contributed by atoms with E-state index in [2.05, 4.69) is 6.92 Å². The monoisotopic (exact) mass is 373 g/mol. The number of carboxylic acid groups (broad SMARTS) is 1. The third kappa shape index (κ3) is 6.35. The Labute approximate surface area is 160 Å². The Bertz CT molecular complexity index is 709. The maximum atomic E-state index is 14.0. The summed E-state index contributed by atoms with van der Waals surface area (Å²) in [5.41, 5.74) is 1.22. The molecule has 0 radical (unpaired) electrons. The van der Waals surface area contributed by atoms with Crippen molar-refractivity contribution in [3.05, 3.63) is 59.4 Å². The fraction of sp³-hybridized carbons (Fsp3) is 0.455. The minimum atomic E-state index is -0.954. The standard InChI is InChI=1S/C22H28FNO3/c1-3-4-16(2)15-19(23)9-10-20-11-12-21(25)24(20)14-13-17-5-7-18(8-6-17)22(26)27/h5-10,15-16,20H,3-4,11-14H2,1-2H3,(H,26,27)/b10-9+,19-15+/t16?,20-/m0/s1. The Morgan fingerprint density at radius 2 is 2.07 bits per heavy atom. The van der Waals surface area contributed by atoms with Crippen molar-refractivity contribution < 1.29 is 19.1 Å². The first-order valence-corrected chi connectivity index (χ1v) is 9.58. The fourth-order valence-corrected chi connectivity index (χ4v) is 3.38. The zero-order valence-electron chi connectivity index (χ0n) is 16.0. The highest BCUT2D eigenvalue weighted by Gasteiger charge is 2.28. The van der Waals surface area contributed by atoms with Gasteiger partial charge in [0.2, 0.25) is 5.91 Å². The van der Waals surface area contributed by atoms with E-state index in [0.29, 0.717) is 25.8 Å². The third-order valence-electron chi connectivity index (χ3n) is 4.88. The number of hydrogen-bond acceptors (Lipinski definition) is 2. The van der Waals surface area contributed by atoms with Crippen LogP contribution in [0.2, 0.25) is 0 Å². The molecular formula is C22H28FNO3. The number of amides is 1. The summed E-state index contributed by atoms with van der Waals surface area (Å²) in [6.45, 7) is 4.62. The number of aromatic carboxylic acids is 1. The van der Waals surface area contributed by atoms with Crippen LogP contribution in [0.5, 0.6) is 0 Å². The number of hydrogen-bond donors (Lipinski definition) is 1. The Morgan fingerprint density at radius 3 is 2.70 bits per heavy atom. The van der Waals surface area contributed by atoms with Gasteiger partial charge in [-0.25, -0.2) is 9.18 Å². The average molecular weight is 373 g/mol. The zero-order valence-corrected chi connectivity index (χ0v) is 16.0. The molecule has 1 amide bonds. The number of carbonyl (C=O) groups excluding carboxylic acids is 1. The van der Waals surface area contributed by atoms with E-state index in [4.69, 9.17) is 5.11 Å². The van der Waals surface area contributed by atoms with Crippen LogP contribution in [-0.4, -0.2) is 34.5 Å². The Morgan fingerprint density at radius 1 is 1.37 bits per heavy atom. The lowest BCUT2D eigenvalue weighted by atomic mass is 10.1. The van der Waals surface area contributed by atoms with Gasteiger partial charge in [-0.1, -0.05) is 38.5 Å². The third-order valence-corrected chi connectivity index (χ3v) is 4.88. The SMILES string of the molecule is CCCC(C)/C=C(F)\C=C\[C@H]1CCC(=O)N1CCc1ccc(C(=O)O)cc1. The lowest BCUT2D eigenvalue weighted by Gasteiger charge is -2.22. The van der Waals surface area contributed by atoms with Crippen molar-refractivity contribution in [3.63, 3.8) is 0 Å². The van der Waals surface area contributed by atoms with Gasteiger partial charge in [-0.2, -0.15) is 0 Å². The maximum absolute atomic E-state index is 14.0. The van der Waals surface area contributed by atoms with Crippen LogP contribution in [0.25, 0.3) is 0 Å². The molecule has 1 aliphatic rings. The minimum Gasteiger partial charge on any atom is -0.478 e. The van der Waals surface area contributed by atoms with E-state index in [1.807, 2.05) is 6.92 Å². The molecule has 146 valence electrons. The normalized spacial score (nSPS) is 19.1. The van der Waals surface area contributed by atoms with Crippen LogP contribution >= 0.6 is 0 Å². The molecule has 0 saturated carbocycles. The van der Waals surface area contributed by atoms with E-state index in [0.717, 1.165) is 18.4 Å². The van der Waals surface area contributed by atoms with E-state index in [1.54, 1.807) is 41.3 Å². The zero-order chi connectivity index (χ0) is 19.8. The van der Waals surface area contributed by atoms with E-state index in [9.17, 15) is 14.0 Å². The van der Waals surface area contributed by atoms with Gasteiger partial charge in [-0.15, -0.1) is 0 Å². The van der Waals surface area contributed by atoms with Crippen LogP contribution in [0.3, 0.4) is 0 Å². The molecule has 0 aromatic heterocycles. The molecule has 1 fully saturated rings. The quantitative estimate of drug-likeness (QED) is 0.635. The van der Waals surface area contributed by atoms with Crippen LogP contribution in [-0.2, 0) is 11.2 Å². The second kappa shape index (κ2) is 10.0. The van der Waals surface area contributed by atoms with Gasteiger partial charge >= 0.3 is 5.97 Å². The molecule has 1 aromatic carbocycles. The summed E-state index contributed by atoms with van der Waals surface area (Å²) in [5, 5.41) is 8.94. The summed E-state index contributed by atoms with van der Waals surface area (Å²) in [5.74, 6) is -0.922. The first-order chi connectivity index (χ1) is 12.9. The van der Waals surface area contributed by atoms with Crippen LogP contribution < -0.4 is 0 Å². The number of likely N-dealkylation sites (tertiary alicyclic amines) is 1. The summed E-state index contributed by atoms with van der Waals surface area (Å²) < 4.78 is 14.0. The smallest absolute Gasteiger partial charge is 0.335 e. The van der Waals surface area contributed by atoms with E-state index >= 15 is 0 Å². The minimum absolute atomic E-state index is 0.0792. The molecule has 0 aliphatic carbocycles. The van der Waals surface area contributed by atoms with Crippen molar-refractivity contribution in [2.75, 3.05) is 6.54 Å². The number of carbonyl (C=O) groups is 2. The first kappa shape index (κ1) is 20.9. The van der Waals surface area contributed by atoms with Crippen LogP contribution in [0.4, 0.5) is 4.39 Å². The number of allylic oxidation sites excluding steroid dienone is 3. The van der Waals surface area contributed by atoms with Gasteiger partial charge in [0.15, 0.2) is 0 Å². The van der Waals surface area contributed by atoms with E-state index in [-0.39, 0.29) is 29.3 Å². The Hall–Kier alpha value is -2.43. The van der Waals surface area contributed by atoms with E-state index in [1.165, 1.54) is 6.08 Å². The predicted molar refractivity (Wildman–Crippen MR) is 104 cm³/mol. The summed E-state index contributed by atoms with van der Waals surface area (Å²) >= 11 is 0. The summed E-state index contributed by atoms with van der Waals surface area (Å²) in [7, 11) is 0. The molecule has 27 heavy (non-hydrogen) atoms. The molecule has 5 heteroatoms. The van der Waals surface area contributed by atoms with Gasteiger partial charge in [0.1, 0.15) is 5.83 Å². The highest BCUT2D eigenvalue weighted by atomic mass is 19.1. The molecule has 1 heterocycles. The van der Waals surface area contributed by atoms with Gasteiger partial charge in [0.25, 0.3) is 0 Å². The van der Waals surface area contributed by atoms with Gasteiger partial charge in [-0.3, -0.25) is 4.79 Å². The van der Waals surface area contributed by atoms with Crippen molar-refractivity contribution >= 4 is 11.9 Å². The Kier molecular flexibility index (Phi) is 7.77. The molecule has 1 saturated heterocycles. The lowest BCUT2D eigenvalue weighted by Crippen LogP contribution is -2.33. The fourth-order valence-electron chi connectivity index (χ4n) is 3.38. The number of halogens is 1. The number of rotatable bonds is 9. The van der Waals surface area contributed by atoms with Crippen LogP contribution in [0.15, 0.2) is 48.3 Å². The van der Waals surface area contributed by atoms with Crippen molar-refractivity contribution in [2.45, 2.75) is 52.0 Å². The van der Waals surface area contributed by atoms with Gasteiger partial charge in [0, 0.05) is 13.0 Å². The van der Waals surface area contributed by atoms with Crippen molar-refractivity contribution in [3.8, 4) is 0 Å². The molecule has 1 aliphatic heterocycles. The molecule has 0 spiro atoms. The molecule has 1 unspecified atom stereocenters. The molecule has 2 atom stereocenters. The summed E-state index contributed by atoms with van der Waals surface area (Å²) in [4.78, 5) is 24.8. The number of carboxylic acids is 1. The molecule has 2 rings (SSSR count). The van der Waals surface area contributed by atoms with E-state index < -0.39 is 5.97 Å². The first-order valence-electron chi connectivity index (χ1n) is 9.58. The number of benzene rings is 1.